The second kappa shape index (κ2) is 14.1. The van der Waals surface area contributed by atoms with Crippen LogP contribution in [0.5, 0.6) is 0 Å². The number of ether oxygens (including phenoxy) is 2. The zero-order valence-electron chi connectivity index (χ0n) is 19.6. The Kier molecular flexibility index (Phi) is 11.5. The molecule has 2 aromatic rings. The smallest absolute Gasteiger partial charge is 0.358 e. The van der Waals surface area contributed by atoms with Crippen LogP contribution in [-0.4, -0.2) is 45.9 Å². The quantitative estimate of drug-likeness (QED) is 0.139. The Bertz CT molecular complexity index is 991. The molecule has 35 heavy (non-hydrogen) atoms. The zero-order chi connectivity index (χ0) is 25.8. The number of benzene rings is 1. The van der Waals surface area contributed by atoms with Gasteiger partial charge in [0, 0.05) is 44.4 Å². The first kappa shape index (κ1) is 28.6. The summed E-state index contributed by atoms with van der Waals surface area (Å²) in [6, 6.07) is 7.52. The van der Waals surface area contributed by atoms with Gasteiger partial charge in [-0.25, -0.2) is 8.78 Å². The summed E-state index contributed by atoms with van der Waals surface area (Å²) in [7, 11) is 0. The van der Waals surface area contributed by atoms with Gasteiger partial charge in [0.15, 0.2) is 10.9 Å². The lowest BCUT2D eigenvalue weighted by molar-refractivity contribution is -0.239. The number of hydrogen-bond donors (Lipinski definition) is 2. The minimum Gasteiger partial charge on any atom is -0.433 e. The molecule has 0 aliphatic rings. The molecule has 1 atom stereocenters. The maximum absolute atomic E-state index is 14.0. The highest BCUT2D eigenvalue weighted by molar-refractivity contribution is 8.13. The summed E-state index contributed by atoms with van der Waals surface area (Å²) in [5.74, 6) is -0.148. The van der Waals surface area contributed by atoms with Gasteiger partial charge in [0.25, 0.3) is 6.43 Å². The normalized spacial score (nSPS) is 13.9. The third-order valence-corrected chi connectivity index (χ3v) is 5.41. The Morgan fingerprint density at radius 2 is 2.00 bits per heavy atom. The van der Waals surface area contributed by atoms with E-state index in [4.69, 9.17) is 19.4 Å². The lowest BCUT2D eigenvalue weighted by atomic mass is 10.0. The summed E-state index contributed by atoms with van der Waals surface area (Å²) in [6.45, 7) is 2.84. The van der Waals surface area contributed by atoms with Crippen LogP contribution < -0.4 is 0 Å². The topological polar surface area (TPSA) is 106 Å². The van der Waals surface area contributed by atoms with Crippen molar-refractivity contribution in [1.82, 2.24) is 5.16 Å². The predicted octanol–water partition coefficient (Wildman–Crippen LogP) is 5.53. The van der Waals surface area contributed by atoms with E-state index in [-0.39, 0.29) is 29.4 Å². The van der Waals surface area contributed by atoms with Crippen molar-refractivity contribution in [3.8, 4) is 0 Å². The molecule has 0 aliphatic carbocycles. The Morgan fingerprint density at radius 1 is 1.29 bits per heavy atom. The number of rotatable bonds is 15. The number of halogens is 3. The number of nitrogens with one attached hydrogen (secondary N) is 1. The van der Waals surface area contributed by atoms with Gasteiger partial charge in [0.1, 0.15) is 11.5 Å². The maximum Gasteiger partial charge on any atom is 0.358 e. The zero-order valence-corrected chi connectivity index (χ0v) is 20.4. The minimum absolute atomic E-state index is 0.0460. The first-order valence-electron chi connectivity index (χ1n) is 11.0. The second-order valence-corrected chi connectivity index (χ2v) is 9.03. The van der Waals surface area contributed by atoms with Gasteiger partial charge in [-0.3, -0.25) is 4.79 Å². The van der Waals surface area contributed by atoms with Crippen molar-refractivity contribution in [2.75, 3.05) is 12.4 Å². The molecule has 7 nitrogen and oxygen atoms in total. The number of unbranched alkanes of at least 4 members (excludes halogenated alkanes) is 1. The highest BCUT2D eigenvalue weighted by Crippen LogP contribution is 2.31. The van der Waals surface area contributed by atoms with E-state index in [9.17, 15) is 23.1 Å². The Labute approximate surface area is 206 Å². The molecule has 1 aromatic carbocycles. The number of alkyl halides is 3. The molecule has 2 N–H and O–H groups in total. The van der Waals surface area contributed by atoms with Gasteiger partial charge in [0.2, 0.25) is 0 Å². The number of nitrogens with zero attached hydrogens (tertiary/aromatic N) is 1. The molecular formula is C24H29F3N2O5S. The maximum atomic E-state index is 14.0. The van der Waals surface area contributed by atoms with Crippen LogP contribution in [0.3, 0.4) is 0 Å². The monoisotopic (exact) mass is 514 g/mol. The summed E-state index contributed by atoms with van der Waals surface area (Å²) in [6.07, 6.45) is -2.08. The van der Waals surface area contributed by atoms with Crippen LogP contribution in [0.1, 0.15) is 50.1 Å². The van der Waals surface area contributed by atoms with Gasteiger partial charge in [-0.05, 0) is 24.8 Å². The van der Waals surface area contributed by atoms with Crippen LogP contribution in [0.4, 0.5) is 13.2 Å². The molecule has 192 valence electrons. The molecule has 1 aromatic heterocycles. The molecule has 0 saturated carbocycles. The van der Waals surface area contributed by atoms with Crippen LogP contribution >= 0.6 is 11.8 Å². The Balaban J connectivity index is 2.06. The highest BCUT2D eigenvalue weighted by atomic mass is 32.2. The van der Waals surface area contributed by atoms with Gasteiger partial charge >= 0.3 is 6.04 Å². The van der Waals surface area contributed by atoms with E-state index >= 15 is 0 Å². The van der Waals surface area contributed by atoms with Crippen LogP contribution in [0, 0.1) is 5.41 Å². The fraction of sp³-hybridized carbons (Fsp3) is 0.458. The Hall–Kier alpha value is -2.63. The standard InChI is InChI=1S/C24H29F3N2O5S/c1-16(30)35-13-11-18-14-20(29-34-18)22(33-24(2,27)31)21(23(25)26)19(28)10-6-7-12-32-15-17-8-4-3-5-9-17/h3-5,8-9,14,23,28,31H,6-7,10-13,15H2,1-2H3/b22-21+,28-19?. The lowest BCUT2D eigenvalue weighted by Crippen LogP contribution is -2.24. The number of aryl methyl sites for hydroxylation is 1. The summed E-state index contributed by atoms with van der Waals surface area (Å²) in [5.41, 5.74) is -0.628. The highest BCUT2D eigenvalue weighted by Gasteiger charge is 2.32. The van der Waals surface area contributed by atoms with E-state index < -0.39 is 29.5 Å². The SMILES string of the molecule is CC(=O)SCCc1cc(/C(OC(C)(O)F)=C(/C(=N)CCCCOCc2ccccc2)C(F)F)no1. The fourth-order valence-corrected chi connectivity index (χ4v) is 3.63. The van der Waals surface area contributed by atoms with Crippen molar-refractivity contribution in [1.29, 1.82) is 5.41 Å². The van der Waals surface area contributed by atoms with Crippen LogP contribution in [0.2, 0.25) is 0 Å². The average molecular weight is 515 g/mol. The average Bonchev–Trinajstić information content (AvgIpc) is 3.24. The largest absolute Gasteiger partial charge is 0.433 e. The fourth-order valence-electron chi connectivity index (χ4n) is 3.04. The van der Waals surface area contributed by atoms with Gasteiger partial charge in [0.05, 0.1) is 12.2 Å². The number of carbonyl (C=O) groups excluding carboxylic acids is 1. The molecule has 1 unspecified atom stereocenters. The van der Waals surface area contributed by atoms with E-state index in [1.165, 1.54) is 13.0 Å². The summed E-state index contributed by atoms with van der Waals surface area (Å²) in [5, 5.41) is 21.2. The van der Waals surface area contributed by atoms with E-state index in [0.717, 1.165) is 17.3 Å². The number of carbonyl (C=O) groups is 1. The Morgan fingerprint density at radius 3 is 2.63 bits per heavy atom. The molecule has 0 amide bonds. The number of thioether (sulfide) groups is 1. The molecule has 0 radical (unpaired) electrons. The van der Waals surface area contributed by atoms with E-state index in [1.54, 1.807) is 0 Å². The molecule has 0 bridgehead atoms. The molecule has 0 fully saturated rings. The van der Waals surface area contributed by atoms with Crippen molar-refractivity contribution in [2.45, 2.75) is 58.6 Å². The van der Waals surface area contributed by atoms with Crippen molar-refractivity contribution in [3.63, 3.8) is 0 Å². The summed E-state index contributed by atoms with van der Waals surface area (Å²) in [4.78, 5) is 11.1. The van der Waals surface area contributed by atoms with Gasteiger partial charge in [-0.15, -0.1) is 0 Å². The van der Waals surface area contributed by atoms with Crippen LogP contribution in [-0.2, 0) is 27.3 Å². The first-order chi connectivity index (χ1) is 16.6. The third-order valence-electron chi connectivity index (χ3n) is 4.60. The minimum atomic E-state index is -3.29. The van der Waals surface area contributed by atoms with Gasteiger partial charge in [-0.1, -0.05) is 47.3 Å². The van der Waals surface area contributed by atoms with Crippen molar-refractivity contribution >= 4 is 28.3 Å². The number of aliphatic hydroxyl groups is 1. The molecule has 0 aliphatic heterocycles. The molecule has 0 spiro atoms. The van der Waals surface area contributed by atoms with E-state index in [1.807, 2.05) is 30.3 Å². The van der Waals surface area contributed by atoms with E-state index in [0.29, 0.717) is 38.7 Å². The summed E-state index contributed by atoms with van der Waals surface area (Å²) >= 11 is 1.05. The van der Waals surface area contributed by atoms with Crippen molar-refractivity contribution < 1.29 is 37.1 Å². The van der Waals surface area contributed by atoms with E-state index in [2.05, 4.69) is 5.16 Å². The second-order valence-electron chi connectivity index (χ2n) is 7.76. The molecule has 11 heteroatoms. The van der Waals surface area contributed by atoms with Crippen molar-refractivity contribution in [3.05, 3.63) is 59.0 Å². The van der Waals surface area contributed by atoms with Gasteiger partial charge < -0.3 is 24.5 Å². The van der Waals surface area contributed by atoms with Gasteiger partial charge in [-0.2, -0.15) is 4.39 Å². The molecule has 0 saturated heterocycles. The molecule has 2 rings (SSSR count). The van der Waals surface area contributed by atoms with Crippen LogP contribution in [0.15, 0.2) is 46.5 Å². The number of aromatic nitrogens is 1. The number of allylic oxidation sites excluding steroid dienone is 1. The first-order valence-corrected chi connectivity index (χ1v) is 12.0. The predicted molar refractivity (Wildman–Crippen MR) is 127 cm³/mol. The third kappa shape index (κ3) is 10.7. The lowest BCUT2D eigenvalue weighted by Gasteiger charge is -2.20. The summed E-state index contributed by atoms with van der Waals surface area (Å²) < 4.78 is 57.3. The number of hydrogen-bond acceptors (Lipinski definition) is 8. The van der Waals surface area contributed by atoms with Crippen LogP contribution in [0.25, 0.3) is 5.76 Å². The molecule has 1 heterocycles. The van der Waals surface area contributed by atoms with Crippen molar-refractivity contribution in [2.24, 2.45) is 0 Å². The molecular weight excluding hydrogens is 485 g/mol.